The average molecular weight is 544 g/mol. The Labute approximate surface area is 226 Å². The lowest BCUT2D eigenvalue weighted by Crippen LogP contribution is -2.52. The molecule has 3 aliphatic heterocycles. The molecule has 4 aliphatic rings. The number of likely N-dealkylation sites (N-methyl/N-ethyl adjacent to an activating group) is 2. The molecule has 3 unspecified atom stereocenters. The summed E-state index contributed by atoms with van der Waals surface area (Å²) in [4.78, 5) is 33.1. The van der Waals surface area contributed by atoms with Crippen LogP contribution in [-0.4, -0.2) is 117 Å². The maximum Gasteiger partial charge on any atom is 0.255 e. The molecular weight excluding hydrogens is 502 g/mol. The Morgan fingerprint density at radius 2 is 1.71 bits per heavy atom. The third-order valence-electron chi connectivity index (χ3n) is 8.76. The van der Waals surface area contributed by atoms with Crippen LogP contribution >= 0.6 is 0 Å². The highest BCUT2D eigenvalue weighted by molar-refractivity contribution is 7.89. The number of nitrogens with one attached hydrogen (secondary N) is 1. The van der Waals surface area contributed by atoms with E-state index in [2.05, 4.69) is 15.1 Å². The lowest BCUT2D eigenvalue weighted by Gasteiger charge is -2.39. The van der Waals surface area contributed by atoms with Gasteiger partial charge >= 0.3 is 0 Å². The highest BCUT2D eigenvalue weighted by Gasteiger charge is 2.42. The van der Waals surface area contributed by atoms with E-state index in [0.29, 0.717) is 31.6 Å². The summed E-state index contributed by atoms with van der Waals surface area (Å²) >= 11 is 0. The van der Waals surface area contributed by atoms with Crippen LogP contribution in [0.3, 0.4) is 0 Å². The summed E-state index contributed by atoms with van der Waals surface area (Å²) in [5.41, 5.74) is 2.07. The molecule has 0 spiro atoms. The maximum absolute atomic E-state index is 13.3. The number of piperazine rings is 1. The lowest BCUT2D eigenvalue weighted by molar-refractivity contribution is -0.125. The van der Waals surface area contributed by atoms with Crippen LogP contribution in [-0.2, 0) is 19.6 Å². The van der Waals surface area contributed by atoms with Crippen LogP contribution in [0.25, 0.3) is 6.08 Å². The van der Waals surface area contributed by atoms with E-state index >= 15 is 0 Å². The molecular formula is C28H41N5O4S. The largest absolute Gasteiger partial charge is 0.349 e. The van der Waals surface area contributed by atoms with Crippen LogP contribution in [0.1, 0.15) is 49.3 Å². The number of sulfonamides is 1. The van der Waals surface area contributed by atoms with E-state index in [0.717, 1.165) is 56.4 Å². The predicted octanol–water partition coefficient (Wildman–Crippen LogP) is 1.33. The molecule has 3 heterocycles. The zero-order valence-electron chi connectivity index (χ0n) is 22.8. The van der Waals surface area contributed by atoms with Crippen molar-refractivity contribution in [1.82, 2.24) is 24.3 Å². The second kappa shape index (κ2) is 11.2. The van der Waals surface area contributed by atoms with Gasteiger partial charge in [-0.15, -0.1) is 0 Å². The van der Waals surface area contributed by atoms with E-state index in [1.165, 1.54) is 0 Å². The van der Waals surface area contributed by atoms with Gasteiger partial charge in [0.2, 0.25) is 10.0 Å². The molecule has 38 heavy (non-hydrogen) atoms. The van der Waals surface area contributed by atoms with Crippen molar-refractivity contribution in [1.29, 1.82) is 0 Å². The first-order valence-electron chi connectivity index (χ1n) is 13.9. The Morgan fingerprint density at radius 1 is 1.05 bits per heavy atom. The van der Waals surface area contributed by atoms with Gasteiger partial charge in [0.25, 0.3) is 5.91 Å². The maximum atomic E-state index is 13.3. The van der Waals surface area contributed by atoms with E-state index in [4.69, 9.17) is 0 Å². The minimum absolute atomic E-state index is 0.0222. The smallest absolute Gasteiger partial charge is 0.255 e. The van der Waals surface area contributed by atoms with Gasteiger partial charge in [-0.25, -0.2) is 8.42 Å². The van der Waals surface area contributed by atoms with E-state index in [-0.39, 0.29) is 29.1 Å². The minimum atomic E-state index is -3.22. The third kappa shape index (κ3) is 5.60. The molecule has 1 amide bonds. The molecule has 1 N–H and O–H groups in total. The molecule has 1 aromatic rings. The molecule has 3 fully saturated rings. The van der Waals surface area contributed by atoms with Crippen LogP contribution in [0, 0.1) is 0 Å². The van der Waals surface area contributed by atoms with Crippen molar-refractivity contribution in [3.8, 4) is 0 Å². The number of piperidine rings is 1. The zero-order chi connectivity index (χ0) is 27.0. The number of Topliss-reactive ketones (excluding diaryl/α,β-unsaturated/α-hetero) is 1. The molecule has 3 atom stereocenters. The monoisotopic (exact) mass is 543 g/mol. The standard InChI is InChI=1S/C28H41N5O4S/c1-30(2)26-24-8-5-4-7-20(24)17-25(27(26)34)28(35)29-21-18-22-9-10-23(19-21)33(22)11-6-16-38(36,37)32-14-12-31(3)13-15-32/h4-5,7-8,17,21-23,26H,6,9-16,18-19H2,1-3H3,(H,29,35). The van der Waals surface area contributed by atoms with Crippen molar-refractivity contribution < 1.29 is 18.0 Å². The summed E-state index contributed by atoms with van der Waals surface area (Å²) in [6, 6.07) is 8.00. The summed E-state index contributed by atoms with van der Waals surface area (Å²) < 4.78 is 27.3. The summed E-state index contributed by atoms with van der Waals surface area (Å²) in [6.45, 7) is 3.50. The fourth-order valence-corrected chi connectivity index (χ4v) is 8.21. The summed E-state index contributed by atoms with van der Waals surface area (Å²) in [6.07, 6.45) is 6.17. The van der Waals surface area contributed by atoms with Gasteiger partial charge in [0, 0.05) is 44.3 Å². The van der Waals surface area contributed by atoms with Gasteiger partial charge < -0.3 is 10.2 Å². The first-order chi connectivity index (χ1) is 18.1. The number of nitrogens with zero attached hydrogens (tertiary/aromatic N) is 4. The van der Waals surface area contributed by atoms with E-state index in [9.17, 15) is 18.0 Å². The Morgan fingerprint density at radius 3 is 2.37 bits per heavy atom. The van der Waals surface area contributed by atoms with Crippen molar-refractivity contribution in [2.24, 2.45) is 0 Å². The van der Waals surface area contributed by atoms with Crippen LogP contribution < -0.4 is 5.32 Å². The number of hydrogen-bond donors (Lipinski definition) is 1. The van der Waals surface area contributed by atoms with Crippen LogP contribution in [0.4, 0.5) is 0 Å². The molecule has 208 valence electrons. The summed E-state index contributed by atoms with van der Waals surface area (Å²) in [5, 5.41) is 3.18. The number of carbonyl (C=O) groups excluding carboxylic acids is 2. The van der Waals surface area contributed by atoms with E-state index in [1.807, 2.05) is 50.3 Å². The van der Waals surface area contributed by atoms with Gasteiger partial charge in [0.05, 0.1) is 17.4 Å². The quantitative estimate of drug-likeness (QED) is 0.495. The molecule has 1 aliphatic carbocycles. The number of carbonyl (C=O) groups is 2. The Balaban J connectivity index is 1.16. The third-order valence-corrected chi connectivity index (χ3v) is 10.7. The van der Waals surface area contributed by atoms with Gasteiger partial charge in [-0.05, 0) is 77.0 Å². The van der Waals surface area contributed by atoms with Crippen LogP contribution in [0.2, 0.25) is 0 Å². The zero-order valence-corrected chi connectivity index (χ0v) is 23.6. The molecule has 0 saturated carbocycles. The predicted molar refractivity (Wildman–Crippen MR) is 148 cm³/mol. The molecule has 3 saturated heterocycles. The molecule has 5 rings (SSSR count). The van der Waals surface area contributed by atoms with Crippen LogP contribution in [0.5, 0.6) is 0 Å². The number of benzene rings is 1. The molecule has 9 nitrogen and oxygen atoms in total. The molecule has 10 heteroatoms. The fraction of sp³-hybridized carbons (Fsp3) is 0.643. The van der Waals surface area contributed by atoms with Gasteiger partial charge in [-0.2, -0.15) is 4.31 Å². The van der Waals surface area contributed by atoms with Crippen molar-refractivity contribution in [2.45, 2.75) is 56.3 Å². The van der Waals surface area contributed by atoms with Crippen molar-refractivity contribution >= 4 is 27.8 Å². The van der Waals surface area contributed by atoms with Gasteiger partial charge in [-0.1, -0.05) is 24.3 Å². The first kappa shape index (κ1) is 27.5. The highest BCUT2D eigenvalue weighted by Crippen LogP contribution is 2.37. The Bertz CT molecular complexity index is 1180. The fourth-order valence-electron chi connectivity index (χ4n) is 6.74. The normalized spacial score (nSPS) is 28.8. The number of rotatable bonds is 8. The average Bonchev–Trinajstić information content (AvgIpc) is 3.11. The minimum Gasteiger partial charge on any atom is -0.349 e. The Kier molecular flexibility index (Phi) is 8.07. The summed E-state index contributed by atoms with van der Waals surface area (Å²) in [7, 11) is 2.54. The van der Waals surface area contributed by atoms with E-state index < -0.39 is 16.1 Å². The second-order valence-corrected chi connectivity index (χ2v) is 13.6. The summed E-state index contributed by atoms with van der Waals surface area (Å²) in [5.74, 6) is -0.252. The number of amides is 1. The number of hydrogen-bond acceptors (Lipinski definition) is 7. The topological polar surface area (TPSA) is 93.3 Å². The van der Waals surface area contributed by atoms with Gasteiger partial charge in [0.15, 0.2) is 5.78 Å². The Hall–Kier alpha value is -2.11. The SMILES string of the molecule is CN1CCN(S(=O)(=O)CCCN2C3CCC2CC(NC(=O)C2=Cc4ccccc4C(N(C)C)C2=O)C3)CC1. The molecule has 1 aromatic carbocycles. The van der Waals surface area contributed by atoms with Crippen molar-refractivity contribution in [2.75, 3.05) is 59.6 Å². The van der Waals surface area contributed by atoms with Crippen molar-refractivity contribution in [3.05, 3.63) is 41.0 Å². The second-order valence-electron chi connectivity index (χ2n) is 11.6. The highest BCUT2D eigenvalue weighted by atomic mass is 32.2. The molecule has 0 aromatic heterocycles. The van der Waals surface area contributed by atoms with Crippen molar-refractivity contribution in [3.63, 3.8) is 0 Å². The molecule has 0 radical (unpaired) electrons. The van der Waals surface area contributed by atoms with Crippen LogP contribution in [0.15, 0.2) is 29.8 Å². The molecule has 2 bridgehead atoms. The van der Waals surface area contributed by atoms with E-state index in [1.54, 1.807) is 10.4 Å². The number of fused-ring (bicyclic) bond motifs is 3. The lowest BCUT2D eigenvalue weighted by atomic mass is 9.85. The number of ketones is 1. The van der Waals surface area contributed by atoms with Gasteiger partial charge in [0.1, 0.15) is 0 Å². The first-order valence-corrected chi connectivity index (χ1v) is 15.5. The van der Waals surface area contributed by atoms with Gasteiger partial charge in [-0.3, -0.25) is 19.4 Å².